The summed E-state index contributed by atoms with van der Waals surface area (Å²) < 4.78 is 7.28. The Kier molecular flexibility index (Phi) is 6.47. The number of para-hydroxylation sites is 1. The second-order valence-electron chi connectivity index (χ2n) is 9.00. The van der Waals surface area contributed by atoms with E-state index in [0.717, 1.165) is 17.0 Å². The van der Waals surface area contributed by atoms with E-state index in [2.05, 4.69) is 11.6 Å². The highest BCUT2D eigenvalue weighted by molar-refractivity contribution is 7.07. The van der Waals surface area contributed by atoms with Gasteiger partial charge >= 0.3 is 5.97 Å². The first-order valence-electron chi connectivity index (χ1n) is 11.8. The Balaban J connectivity index is 1.80. The fourth-order valence-corrected chi connectivity index (χ4v) is 5.94. The van der Waals surface area contributed by atoms with Crippen LogP contribution in [0.5, 0.6) is 0 Å². The van der Waals surface area contributed by atoms with E-state index in [-0.39, 0.29) is 22.1 Å². The number of nitrogens with zero attached hydrogens (tertiary/aromatic N) is 3. The van der Waals surface area contributed by atoms with Crippen molar-refractivity contribution in [3.05, 3.63) is 108 Å². The van der Waals surface area contributed by atoms with E-state index in [4.69, 9.17) is 16.3 Å². The molecule has 0 saturated carbocycles. The van der Waals surface area contributed by atoms with Gasteiger partial charge in [0.1, 0.15) is 4.53 Å². The molecule has 5 rings (SSSR count). The molecular formula is C28H24ClN3O4S. The molecule has 0 aliphatic carbocycles. The number of ether oxygens (including phenoxy) is 1. The minimum atomic E-state index is -0.787. The number of allylic oxidation sites excluding steroid dienone is 1. The molecule has 0 fully saturated rings. The number of amides is 1. The van der Waals surface area contributed by atoms with Gasteiger partial charge in [0.25, 0.3) is 11.5 Å². The molecule has 3 heterocycles. The summed E-state index contributed by atoms with van der Waals surface area (Å²) in [6.45, 7) is 9.33. The fourth-order valence-electron chi connectivity index (χ4n) is 4.68. The predicted octanol–water partition coefficient (Wildman–Crippen LogP) is 3.74. The summed E-state index contributed by atoms with van der Waals surface area (Å²) >= 11 is 7.27. The highest BCUT2D eigenvalue weighted by Gasteiger charge is 2.37. The summed E-state index contributed by atoms with van der Waals surface area (Å²) in [4.78, 5) is 47.5. The van der Waals surface area contributed by atoms with E-state index in [1.54, 1.807) is 56.0 Å². The van der Waals surface area contributed by atoms with Crippen LogP contribution in [0.25, 0.3) is 5.57 Å². The number of hydrogen-bond acceptors (Lipinski definition) is 6. The van der Waals surface area contributed by atoms with Gasteiger partial charge < -0.3 is 9.64 Å². The standard InChI is InChI=1S/C28H24ClN3O4S/c1-5-14-31-20-9-7-6-8-19(20)22(25(31)33)24-26(34)32-23(17-10-12-18(29)13-11-17)21(27(35)36-15(2)3)16(4)30-28(32)37-24/h5-13,15,23H,1,14H2,2-4H3/b24-22-/t23-/m0/s1. The molecule has 2 aliphatic rings. The molecule has 1 aromatic heterocycles. The van der Waals surface area contributed by atoms with E-state index in [9.17, 15) is 14.4 Å². The molecular weight excluding hydrogens is 510 g/mol. The van der Waals surface area contributed by atoms with Crippen molar-refractivity contribution in [3.63, 3.8) is 0 Å². The zero-order valence-electron chi connectivity index (χ0n) is 20.5. The number of thiazole rings is 1. The Morgan fingerprint density at radius 3 is 2.57 bits per heavy atom. The summed E-state index contributed by atoms with van der Waals surface area (Å²) in [6.07, 6.45) is 1.30. The topological polar surface area (TPSA) is 81.0 Å². The lowest BCUT2D eigenvalue weighted by Gasteiger charge is -2.25. The van der Waals surface area contributed by atoms with Crippen molar-refractivity contribution in [2.75, 3.05) is 11.4 Å². The maximum absolute atomic E-state index is 14.1. The fraction of sp³-hybridized carbons (Fsp3) is 0.214. The molecule has 3 aromatic rings. The molecule has 1 atom stereocenters. The van der Waals surface area contributed by atoms with Crippen molar-refractivity contribution in [1.29, 1.82) is 0 Å². The first-order chi connectivity index (χ1) is 17.7. The summed E-state index contributed by atoms with van der Waals surface area (Å²) in [5.74, 6) is -0.821. The summed E-state index contributed by atoms with van der Waals surface area (Å²) in [6, 6.07) is 13.5. The Bertz CT molecular complexity index is 1660. The molecule has 2 aromatic carbocycles. The molecule has 0 bridgehead atoms. The number of anilines is 1. The Hall–Kier alpha value is -3.75. The summed E-state index contributed by atoms with van der Waals surface area (Å²) in [7, 11) is 0. The summed E-state index contributed by atoms with van der Waals surface area (Å²) in [5.41, 5.74) is 2.73. The van der Waals surface area contributed by atoms with Crippen LogP contribution in [-0.2, 0) is 14.3 Å². The van der Waals surface area contributed by atoms with Crippen LogP contribution in [0.4, 0.5) is 5.69 Å². The van der Waals surface area contributed by atoms with Crippen LogP contribution in [-0.4, -0.2) is 29.1 Å². The van der Waals surface area contributed by atoms with Gasteiger partial charge in [-0.1, -0.05) is 59.3 Å². The zero-order valence-corrected chi connectivity index (χ0v) is 22.1. The van der Waals surface area contributed by atoms with Crippen LogP contribution in [0.3, 0.4) is 0 Å². The van der Waals surface area contributed by atoms with Crippen molar-refractivity contribution in [2.24, 2.45) is 4.99 Å². The molecule has 2 aliphatic heterocycles. The lowest BCUT2D eigenvalue weighted by atomic mass is 9.96. The van der Waals surface area contributed by atoms with Crippen molar-refractivity contribution in [3.8, 4) is 0 Å². The zero-order chi connectivity index (χ0) is 26.4. The van der Waals surface area contributed by atoms with E-state index in [1.807, 2.05) is 24.3 Å². The number of hydrogen-bond donors (Lipinski definition) is 0. The van der Waals surface area contributed by atoms with Gasteiger partial charge in [-0.15, -0.1) is 6.58 Å². The maximum Gasteiger partial charge on any atom is 0.338 e. The molecule has 0 N–H and O–H groups in total. The van der Waals surface area contributed by atoms with Gasteiger partial charge in [0, 0.05) is 17.1 Å². The van der Waals surface area contributed by atoms with Crippen LogP contribution in [0.2, 0.25) is 5.02 Å². The minimum Gasteiger partial charge on any atom is -0.459 e. The minimum absolute atomic E-state index is 0.270. The average molecular weight is 534 g/mol. The van der Waals surface area contributed by atoms with Crippen molar-refractivity contribution in [1.82, 2.24) is 4.57 Å². The van der Waals surface area contributed by atoms with Crippen LogP contribution in [0, 0.1) is 0 Å². The van der Waals surface area contributed by atoms with Gasteiger partial charge in [-0.25, -0.2) is 9.79 Å². The van der Waals surface area contributed by atoms with Crippen LogP contribution in [0.15, 0.2) is 82.2 Å². The summed E-state index contributed by atoms with van der Waals surface area (Å²) in [5, 5.41) is 0.529. The van der Waals surface area contributed by atoms with E-state index in [1.165, 1.54) is 4.57 Å². The van der Waals surface area contributed by atoms with E-state index >= 15 is 0 Å². The lowest BCUT2D eigenvalue weighted by molar-refractivity contribution is -0.143. The third kappa shape index (κ3) is 4.16. The molecule has 188 valence electrons. The van der Waals surface area contributed by atoms with Gasteiger partial charge in [0.15, 0.2) is 4.80 Å². The van der Waals surface area contributed by atoms with Crippen LogP contribution >= 0.6 is 22.9 Å². The van der Waals surface area contributed by atoms with Crippen molar-refractivity contribution in [2.45, 2.75) is 32.9 Å². The van der Waals surface area contributed by atoms with Gasteiger partial charge in [-0.2, -0.15) is 0 Å². The lowest BCUT2D eigenvalue weighted by Crippen LogP contribution is -2.41. The number of fused-ring (bicyclic) bond motifs is 2. The van der Waals surface area contributed by atoms with Crippen LogP contribution < -0.4 is 19.8 Å². The van der Waals surface area contributed by atoms with Gasteiger partial charge in [-0.05, 0) is 44.5 Å². The predicted molar refractivity (Wildman–Crippen MR) is 144 cm³/mol. The first kappa shape index (κ1) is 24.9. The van der Waals surface area contributed by atoms with Gasteiger partial charge in [-0.3, -0.25) is 14.2 Å². The largest absolute Gasteiger partial charge is 0.459 e. The number of carbonyl (C=O) groups excluding carboxylic acids is 2. The molecule has 37 heavy (non-hydrogen) atoms. The first-order valence-corrected chi connectivity index (χ1v) is 13.0. The molecule has 1 amide bonds. The highest BCUT2D eigenvalue weighted by Crippen LogP contribution is 2.35. The molecule has 0 radical (unpaired) electrons. The normalized spacial score (nSPS) is 18.0. The number of esters is 1. The SMILES string of the molecule is C=CCN1C(=O)/C(=c2\sc3n(c2=O)[C@@H](c2ccc(Cl)cc2)C(C(=O)OC(C)C)=C(C)N=3)c2ccccc21. The number of aromatic nitrogens is 1. The highest BCUT2D eigenvalue weighted by atomic mass is 35.5. The average Bonchev–Trinajstić information content (AvgIpc) is 3.31. The van der Waals surface area contributed by atoms with E-state index in [0.29, 0.717) is 38.8 Å². The quantitative estimate of drug-likeness (QED) is 0.369. The van der Waals surface area contributed by atoms with Gasteiger partial charge in [0.05, 0.1) is 34.7 Å². The number of benzene rings is 2. The molecule has 0 spiro atoms. The van der Waals surface area contributed by atoms with Crippen molar-refractivity contribution < 1.29 is 14.3 Å². The smallest absolute Gasteiger partial charge is 0.338 e. The molecule has 0 unspecified atom stereocenters. The third-order valence-electron chi connectivity index (χ3n) is 6.21. The molecule has 0 saturated heterocycles. The number of carbonyl (C=O) groups is 2. The number of halogens is 1. The Morgan fingerprint density at radius 1 is 1.19 bits per heavy atom. The maximum atomic E-state index is 14.1. The molecule has 7 nitrogen and oxygen atoms in total. The van der Waals surface area contributed by atoms with Crippen LogP contribution in [0.1, 0.15) is 37.9 Å². The second-order valence-corrected chi connectivity index (χ2v) is 10.4. The van der Waals surface area contributed by atoms with Crippen molar-refractivity contribution >= 4 is 46.1 Å². The van der Waals surface area contributed by atoms with E-state index < -0.39 is 17.6 Å². The third-order valence-corrected chi connectivity index (χ3v) is 7.51. The molecule has 9 heteroatoms. The number of rotatable bonds is 5. The Labute approximate surface area is 222 Å². The second kappa shape index (κ2) is 9.61. The van der Waals surface area contributed by atoms with Gasteiger partial charge in [0.2, 0.25) is 0 Å². The monoisotopic (exact) mass is 533 g/mol. The Morgan fingerprint density at radius 2 is 1.89 bits per heavy atom.